The van der Waals surface area contributed by atoms with E-state index in [-0.39, 0.29) is 5.60 Å². The van der Waals surface area contributed by atoms with Gasteiger partial charge < -0.3 is 9.47 Å². The van der Waals surface area contributed by atoms with Crippen LogP contribution in [0.1, 0.15) is 32.1 Å². The molecule has 0 radical (unpaired) electrons. The summed E-state index contributed by atoms with van der Waals surface area (Å²) in [6.07, 6.45) is 5.68. The second-order valence-corrected chi connectivity index (χ2v) is 6.60. The molecule has 2 aliphatic heterocycles. The first kappa shape index (κ1) is 14.6. The van der Waals surface area contributed by atoms with Crippen molar-refractivity contribution in [2.24, 2.45) is 11.8 Å². The topological polar surface area (TPSA) is 56.5 Å². The Bertz CT molecular complexity index is 247. The third-order valence-electron chi connectivity index (χ3n) is 4.24. The Morgan fingerprint density at radius 1 is 1.61 bits per heavy atom. The Balaban J connectivity index is 1.85. The van der Waals surface area contributed by atoms with Gasteiger partial charge in [-0.05, 0) is 43.8 Å². The summed E-state index contributed by atoms with van der Waals surface area (Å²) >= 11 is 2.03. The number of hydrogen-bond donors (Lipinski definition) is 2. The zero-order valence-electron chi connectivity index (χ0n) is 11.3. The average Bonchev–Trinajstić information content (AvgIpc) is 2.83. The predicted octanol–water partition coefficient (Wildman–Crippen LogP) is 1.55. The van der Waals surface area contributed by atoms with Gasteiger partial charge in [0.05, 0.1) is 5.60 Å². The first-order valence-corrected chi connectivity index (χ1v) is 8.12. The maximum absolute atomic E-state index is 6.06. The summed E-state index contributed by atoms with van der Waals surface area (Å²) in [5.74, 6) is 8.80. The number of nitrogens with one attached hydrogen (secondary N) is 1. The number of nitrogens with two attached hydrogens (primary N) is 1. The lowest BCUT2D eigenvalue weighted by Gasteiger charge is -2.40. The molecule has 106 valence electrons. The molecule has 0 amide bonds. The summed E-state index contributed by atoms with van der Waals surface area (Å²) in [7, 11) is 1.75. The molecule has 5 heteroatoms. The van der Waals surface area contributed by atoms with Gasteiger partial charge in [-0.25, -0.2) is 0 Å². The van der Waals surface area contributed by atoms with Crippen molar-refractivity contribution in [3.05, 3.63) is 0 Å². The highest BCUT2D eigenvalue weighted by Crippen LogP contribution is 2.41. The fraction of sp³-hybridized carbons (Fsp3) is 1.00. The van der Waals surface area contributed by atoms with Crippen LogP contribution in [0, 0.1) is 5.92 Å². The van der Waals surface area contributed by atoms with Crippen LogP contribution in [-0.4, -0.2) is 43.5 Å². The average molecular weight is 274 g/mol. The van der Waals surface area contributed by atoms with E-state index in [1.165, 1.54) is 24.3 Å². The molecule has 3 N–H and O–H groups in total. The first-order valence-electron chi connectivity index (χ1n) is 6.96. The minimum atomic E-state index is 0.157. The second kappa shape index (κ2) is 7.10. The molecule has 2 fully saturated rings. The molecule has 0 saturated carbocycles. The van der Waals surface area contributed by atoms with Crippen molar-refractivity contribution in [3.8, 4) is 0 Å². The molecule has 3 atom stereocenters. The third kappa shape index (κ3) is 3.61. The van der Waals surface area contributed by atoms with Crippen LogP contribution in [0.25, 0.3) is 0 Å². The molecule has 2 heterocycles. The van der Waals surface area contributed by atoms with Gasteiger partial charge in [0.25, 0.3) is 0 Å². The molecule has 0 aromatic heterocycles. The maximum Gasteiger partial charge on any atom is 0.0783 e. The molecule has 2 saturated heterocycles. The van der Waals surface area contributed by atoms with Crippen molar-refractivity contribution in [1.29, 1.82) is 0 Å². The van der Waals surface area contributed by atoms with Gasteiger partial charge in [-0.15, -0.1) is 0 Å². The van der Waals surface area contributed by atoms with Crippen molar-refractivity contribution in [2.75, 3.05) is 31.8 Å². The van der Waals surface area contributed by atoms with Crippen molar-refractivity contribution in [1.82, 2.24) is 5.43 Å². The fourth-order valence-corrected chi connectivity index (χ4v) is 4.55. The molecule has 0 aromatic carbocycles. The van der Waals surface area contributed by atoms with Gasteiger partial charge in [-0.3, -0.25) is 11.3 Å². The number of hydrogen-bond acceptors (Lipinski definition) is 5. The summed E-state index contributed by atoms with van der Waals surface area (Å²) in [6.45, 7) is 1.72. The van der Waals surface area contributed by atoms with E-state index < -0.39 is 0 Å². The van der Waals surface area contributed by atoms with Crippen LogP contribution in [0.4, 0.5) is 0 Å². The Kier molecular flexibility index (Phi) is 5.76. The van der Waals surface area contributed by atoms with E-state index in [0.29, 0.717) is 12.0 Å². The summed E-state index contributed by atoms with van der Waals surface area (Å²) in [5, 5.41) is 0. The van der Waals surface area contributed by atoms with E-state index in [1.54, 1.807) is 7.11 Å². The Morgan fingerprint density at radius 2 is 2.50 bits per heavy atom. The zero-order chi connectivity index (χ0) is 12.8. The number of thioether (sulfide) groups is 1. The number of hydrazine groups is 1. The van der Waals surface area contributed by atoms with Crippen molar-refractivity contribution >= 4 is 11.8 Å². The van der Waals surface area contributed by atoms with Crippen molar-refractivity contribution in [2.45, 2.75) is 43.7 Å². The van der Waals surface area contributed by atoms with Gasteiger partial charge >= 0.3 is 0 Å². The molecule has 0 aliphatic carbocycles. The van der Waals surface area contributed by atoms with Gasteiger partial charge in [-0.2, -0.15) is 11.8 Å². The standard InChI is InChI=1S/C13H26N2O2S/c1-16-6-2-3-12(15-14)11-4-7-17-13(9-11)5-8-18-10-13/h11-12,15H,2-10,14H2,1H3. The van der Waals surface area contributed by atoms with E-state index in [1.807, 2.05) is 11.8 Å². The van der Waals surface area contributed by atoms with Crippen LogP contribution in [0.2, 0.25) is 0 Å². The SMILES string of the molecule is COCCCC(NN)C1CCOC2(CCSC2)C1. The molecular formula is C13H26N2O2S. The molecule has 1 spiro atoms. The Hall–Kier alpha value is 0.190. The van der Waals surface area contributed by atoms with Gasteiger partial charge in [0.1, 0.15) is 0 Å². The van der Waals surface area contributed by atoms with Crippen LogP contribution in [0.3, 0.4) is 0 Å². The normalized spacial score (nSPS) is 34.0. The lowest BCUT2D eigenvalue weighted by molar-refractivity contribution is -0.0857. The molecule has 4 nitrogen and oxygen atoms in total. The van der Waals surface area contributed by atoms with E-state index in [2.05, 4.69) is 5.43 Å². The molecule has 2 rings (SSSR count). The lowest BCUT2D eigenvalue weighted by atomic mass is 9.80. The molecule has 3 unspecified atom stereocenters. The molecule has 0 aromatic rings. The first-order chi connectivity index (χ1) is 8.79. The fourth-order valence-electron chi connectivity index (χ4n) is 3.18. The highest BCUT2D eigenvalue weighted by Gasteiger charge is 2.42. The van der Waals surface area contributed by atoms with Crippen LogP contribution < -0.4 is 11.3 Å². The van der Waals surface area contributed by atoms with Gasteiger partial charge in [0, 0.05) is 32.1 Å². The third-order valence-corrected chi connectivity index (χ3v) is 5.47. The lowest BCUT2D eigenvalue weighted by Crippen LogP contribution is -2.49. The zero-order valence-corrected chi connectivity index (χ0v) is 12.1. The Labute approximate surface area is 114 Å². The van der Waals surface area contributed by atoms with E-state index >= 15 is 0 Å². The smallest absolute Gasteiger partial charge is 0.0783 e. The van der Waals surface area contributed by atoms with E-state index in [9.17, 15) is 0 Å². The monoisotopic (exact) mass is 274 g/mol. The Morgan fingerprint density at radius 3 is 3.17 bits per heavy atom. The molecular weight excluding hydrogens is 248 g/mol. The quantitative estimate of drug-likeness (QED) is 0.437. The highest BCUT2D eigenvalue weighted by molar-refractivity contribution is 7.99. The minimum absolute atomic E-state index is 0.157. The van der Waals surface area contributed by atoms with Crippen molar-refractivity contribution in [3.63, 3.8) is 0 Å². The molecule has 2 aliphatic rings. The minimum Gasteiger partial charge on any atom is -0.385 e. The second-order valence-electron chi connectivity index (χ2n) is 5.50. The number of methoxy groups -OCH3 is 1. The van der Waals surface area contributed by atoms with Gasteiger partial charge in [0.15, 0.2) is 0 Å². The van der Waals surface area contributed by atoms with Gasteiger partial charge in [-0.1, -0.05) is 0 Å². The molecule has 0 bridgehead atoms. The van der Waals surface area contributed by atoms with Crippen LogP contribution >= 0.6 is 11.8 Å². The highest BCUT2D eigenvalue weighted by atomic mass is 32.2. The molecule has 18 heavy (non-hydrogen) atoms. The van der Waals surface area contributed by atoms with Gasteiger partial charge in [0.2, 0.25) is 0 Å². The summed E-state index contributed by atoms with van der Waals surface area (Å²) in [4.78, 5) is 0. The van der Waals surface area contributed by atoms with E-state index in [4.69, 9.17) is 15.3 Å². The predicted molar refractivity (Wildman–Crippen MR) is 75.6 cm³/mol. The van der Waals surface area contributed by atoms with E-state index in [0.717, 1.165) is 32.5 Å². The van der Waals surface area contributed by atoms with Crippen molar-refractivity contribution < 1.29 is 9.47 Å². The summed E-state index contributed by atoms with van der Waals surface area (Å²) in [6, 6.07) is 0.409. The summed E-state index contributed by atoms with van der Waals surface area (Å²) in [5.41, 5.74) is 3.18. The largest absolute Gasteiger partial charge is 0.385 e. The summed E-state index contributed by atoms with van der Waals surface area (Å²) < 4.78 is 11.2. The maximum atomic E-state index is 6.06. The van der Waals surface area contributed by atoms with Crippen LogP contribution in [0.5, 0.6) is 0 Å². The number of ether oxygens (including phenoxy) is 2. The van der Waals surface area contributed by atoms with Crippen LogP contribution in [0.15, 0.2) is 0 Å². The van der Waals surface area contributed by atoms with Crippen LogP contribution in [-0.2, 0) is 9.47 Å². The number of rotatable bonds is 6.